The van der Waals surface area contributed by atoms with Crippen molar-refractivity contribution in [1.29, 1.82) is 0 Å². The smallest absolute Gasteiger partial charge is 0.258 e. The second-order valence-electron chi connectivity index (χ2n) is 6.83. The highest BCUT2D eigenvalue weighted by atomic mass is 35.5. The lowest BCUT2D eigenvalue weighted by Gasteiger charge is -2.34. The van der Waals surface area contributed by atoms with Crippen LogP contribution in [0, 0.1) is 0 Å². The maximum Gasteiger partial charge on any atom is 0.258 e. The van der Waals surface area contributed by atoms with E-state index in [9.17, 15) is 4.79 Å². The van der Waals surface area contributed by atoms with E-state index in [-0.39, 0.29) is 5.91 Å². The Morgan fingerprint density at radius 3 is 2.69 bits per heavy atom. The normalized spacial score (nSPS) is 14.8. The third-order valence-corrected chi connectivity index (χ3v) is 5.12. The molecular weight excluding hydrogens is 392 g/mol. The monoisotopic (exact) mass is 412 g/mol. The molecule has 1 fully saturated rings. The van der Waals surface area contributed by atoms with E-state index >= 15 is 0 Å². The summed E-state index contributed by atoms with van der Waals surface area (Å²) in [4.78, 5) is 21.3. The first-order chi connectivity index (χ1) is 14.1. The summed E-state index contributed by atoms with van der Waals surface area (Å²) in [5, 5.41) is 4.70. The molecule has 0 atom stereocenters. The molecule has 3 aromatic rings. The number of aromatic nitrogens is 2. The number of ether oxygens (including phenoxy) is 1. The van der Waals surface area contributed by atoms with Crippen LogP contribution in [0.1, 0.15) is 16.2 Å². The number of benzene rings is 2. The van der Waals surface area contributed by atoms with Crippen molar-refractivity contribution in [2.24, 2.45) is 0 Å². The first-order valence-corrected chi connectivity index (χ1v) is 9.74. The Labute approximate surface area is 173 Å². The van der Waals surface area contributed by atoms with Crippen molar-refractivity contribution in [3.63, 3.8) is 0 Å². The fraction of sp³-hybridized carbons (Fsp3) is 0.286. The van der Waals surface area contributed by atoms with Crippen LogP contribution in [0.25, 0.3) is 11.5 Å². The largest absolute Gasteiger partial charge is 0.497 e. The molecule has 0 aliphatic carbocycles. The number of hydrogen-bond acceptors (Lipinski definition) is 6. The average molecular weight is 413 g/mol. The molecule has 0 N–H and O–H groups in total. The van der Waals surface area contributed by atoms with Gasteiger partial charge in [-0.05, 0) is 36.4 Å². The van der Waals surface area contributed by atoms with E-state index in [1.165, 1.54) is 0 Å². The fourth-order valence-corrected chi connectivity index (χ4v) is 3.49. The van der Waals surface area contributed by atoms with Gasteiger partial charge < -0.3 is 14.2 Å². The van der Waals surface area contributed by atoms with Crippen LogP contribution in [-0.2, 0) is 6.54 Å². The van der Waals surface area contributed by atoms with Gasteiger partial charge in [-0.3, -0.25) is 9.69 Å². The maximum absolute atomic E-state index is 12.7. The second kappa shape index (κ2) is 8.63. The summed E-state index contributed by atoms with van der Waals surface area (Å²) in [6.45, 7) is 3.36. The van der Waals surface area contributed by atoms with Gasteiger partial charge in [0.2, 0.25) is 0 Å². The molecule has 0 radical (unpaired) electrons. The van der Waals surface area contributed by atoms with Gasteiger partial charge in [0.25, 0.3) is 11.8 Å². The molecule has 2 aromatic carbocycles. The van der Waals surface area contributed by atoms with Crippen molar-refractivity contribution in [2.45, 2.75) is 6.54 Å². The minimum Gasteiger partial charge on any atom is -0.497 e. The summed E-state index contributed by atoms with van der Waals surface area (Å²) >= 11 is 6.02. The van der Waals surface area contributed by atoms with E-state index in [1.54, 1.807) is 25.3 Å². The summed E-state index contributed by atoms with van der Waals surface area (Å²) in [7, 11) is 1.60. The second-order valence-corrected chi connectivity index (χ2v) is 7.26. The molecule has 0 spiro atoms. The van der Waals surface area contributed by atoms with Crippen molar-refractivity contribution in [1.82, 2.24) is 19.9 Å². The van der Waals surface area contributed by atoms with E-state index in [4.69, 9.17) is 20.9 Å². The number of piperazine rings is 1. The number of methoxy groups -OCH3 is 1. The number of hydrogen-bond donors (Lipinski definition) is 0. The fourth-order valence-electron chi connectivity index (χ4n) is 3.30. The SMILES string of the molecule is COc1cccc(C(=O)N2CCN(Cc3noc(-c4cccc(Cl)c4)n3)CC2)c1. The van der Waals surface area contributed by atoms with Crippen molar-refractivity contribution in [3.05, 3.63) is 64.9 Å². The standard InChI is InChI=1S/C21H21ClN4O3/c1-28-18-7-3-5-16(13-18)21(27)26-10-8-25(9-11-26)14-19-23-20(29-24-19)15-4-2-6-17(22)12-15/h2-7,12-13H,8-11,14H2,1H3. The average Bonchev–Trinajstić information content (AvgIpc) is 3.22. The molecule has 1 aliphatic heterocycles. The first-order valence-electron chi connectivity index (χ1n) is 9.36. The Morgan fingerprint density at radius 2 is 1.93 bits per heavy atom. The molecule has 150 valence electrons. The summed E-state index contributed by atoms with van der Waals surface area (Å²) in [6.07, 6.45) is 0. The Hall–Kier alpha value is -2.90. The van der Waals surface area contributed by atoms with Gasteiger partial charge in [-0.2, -0.15) is 4.98 Å². The molecule has 0 saturated carbocycles. The Kier molecular flexibility index (Phi) is 5.78. The molecule has 8 heteroatoms. The minimum absolute atomic E-state index is 0.0198. The summed E-state index contributed by atoms with van der Waals surface area (Å²) in [5.41, 5.74) is 1.44. The highest BCUT2D eigenvalue weighted by Gasteiger charge is 2.23. The third kappa shape index (κ3) is 4.58. The lowest BCUT2D eigenvalue weighted by molar-refractivity contribution is 0.0624. The van der Waals surface area contributed by atoms with E-state index in [0.29, 0.717) is 47.7 Å². The maximum atomic E-state index is 12.7. The van der Waals surface area contributed by atoms with E-state index in [2.05, 4.69) is 15.0 Å². The number of halogens is 1. The quantitative estimate of drug-likeness (QED) is 0.640. The number of carbonyl (C=O) groups is 1. The molecule has 7 nitrogen and oxygen atoms in total. The number of rotatable bonds is 5. The Balaban J connectivity index is 1.34. The van der Waals surface area contributed by atoms with E-state index in [1.807, 2.05) is 35.2 Å². The van der Waals surface area contributed by atoms with Gasteiger partial charge in [0, 0.05) is 42.3 Å². The van der Waals surface area contributed by atoms with Gasteiger partial charge in [-0.1, -0.05) is 28.9 Å². The lowest BCUT2D eigenvalue weighted by Crippen LogP contribution is -2.48. The van der Waals surface area contributed by atoms with Crippen LogP contribution >= 0.6 is 11.6 Å². The predicted octanol–water partition coefficient (Wildman–Crippen LogP) is 3.36. The molecule has 4 rings (SSSR count). The van der Waals surface area contributed by atoms with Crippen LogP contribution in [0.4, 0.5) is 0 Å². The zero-order valence-electron chi connectivity index (χ0n) is 16.0. The van der Waals surface area contributed by atoms with Gasteiger partial charge in [-0.25, -0.2) is 0 Å². The minimum atomic E-state index is 0.0198. The van der Waals surface area contributed by atoms with Gasteiger partial charge in [-0.15, -0.1) is 0 Å². The zero-order valence-corrected chi connectivity index (χ0v) is 16.8. The molecule has 2 heterocycles. The molecule has 1 saturated heterocycles. The first kappa shape index (κ1) is 19.4. The summed E-state index contributed by atoms with van der Waals surface area (Å²) in [6, 6.07) is 14.6. The molecule has 1 amide bonds. The molecular formula is C21H21ClN4O3. The molecule has 0 unspecified atom stereocenters. The zero-order chi connectivity index (χ0) is 20.2. The number of nitrogens with zero attached hydrogens (tertiary/aromatic N) is 4. The molecule has 1 aliphatic rings. The van der Waals surface area contributed by atoms with Gasteiger partial charge >= 0.3 is 0 Å². The van der Waals surface area contributed by atoms with Gasteiger partial charge in [0.1, 0.15) is 5.75 Å². The van der Waals surface area contributed by atoms with Crippen LogP contribution in [-0.4, -0.2) is 59.1 Å². The van der Waals surface area contributed by atoms with Crippen LogP contribution in [0.15, 0.2) is 53.1 Å². The molecule has 1 aromatic heterocycles. The summed E-state index contributed by atoms with van der Waals surface area (Å²) < 4.78 is 10.6. The van der Waals surface area contributed by atoms with Crippen molar-refractivity contribution in [3.8, 4) is 17.2 Å². The highest BCUT2D eigenvalue weighted by molar-refractivity contribution is 6.30. The topological polar surface area (TPSA) is 71.7 Å². The van der Waals surface area contributed by atoms with Crippen LogP contribution in [0.2, 0.25) is 5.02 Å². The third-order valence-electron chi connectivity index (χ3n) is 4.88. The predicted molar refractivity (Wildman–Crippen MR) is 109 cm³/mol. The van der Waals surface area contributed by atoms with Crippen molar-refractivity contribution < 1.29 is 14.1 Å². The van der Waals surface area contributed by atoms with E-state index < -0.39 is 0 Å². The van der Waals surface area contributed by atoms with E-state index in [0.717, 1.165) is 18.7 Å². The van der Waals surface area contributed by atoms with Gasteiger partial charge in [0.05, 0.1) is 13.7 Å². The highest BCUT2D eigenvalue weighted by Crippen LogP contribution is 2.21. The van der Waals surface area contributed by atoms with Crippen LogP contribution in [0.3, 0.4) is 0 Å². The van der Waals surface area contributed by atoms with Crippen LogP contribution in [0.5, 0.6) is 5.75 Å². The van der Waals surface area contributed by atoms with Gasteiger partial charge in [0.15, 0.2) is 5.82 Å². The molecule has 0 bridgehead atoms. The Morgan fingerprint density at radius 1 is 1.14 bits per heavy atom. The lowest BCUT2D eigenvalue weighted by atomic mass is 10.1. The van der Waals surface area contributed by atoms with Crippen molar-refractivity contribution in [2.75, 3.05) is 33.3 Å². The number of carbonyl (C=O) groups excluding carboxylic acids is 1. The molecule has 29 heavy (non-hydrogen) atoms. The van der Waals surface area contributed by atoms with Crippen molar-refractivity contribution >= 4 is 17.5 Å². The van der Waals surface area contributed by atoms with Crippen LogP contribution < -0.4 is 4.74 Å². The summed E-state index contributed by atoms with van der Waals surface area (Å²) in [5.74, 6) is 1.77. The number of amides is 1. The Bertz CT molecular complexity index is 999.